The van der Waals surface area contributed by atoms with E-state index in [2.05, 4.69) is 93.6 Å². The van der Waals surface area contributed by atoms with Crippen LogP contribution < -0.4 is 0 Å². The van der Waals surface area contributed by atoms with Gasteiger partial charge in [0.25, 0.3) is 0 Å². The van der Waals surface area contributed by atoms with Crippen LogP contribution in [-0.2, 0) is 12.8 Å². The average molecular weight is 371 g/mol. The Morgan fingerprint density at radius 2 is 0.893 bits per heavy atom. The van der Waals surface area contributed by atoms with Gasteiger partial charge < -0.3 is 0 Å². The third kappa shape index (κ3) is 5.35. The third-order valence-electron chi connectivity index (χ3n) is 5.82. The molecule has 0 nitrogen and oxygen atoms in total. The lowest BCUT2D eigenvalue weighted by Crippen LogP contribution is -1.96. The van der Waals surface area contributed by atoms with E-state index in [9.17, 15) is 0 Å². The Labute approximate surface area is 171 Å². The van der Waals surface area contributed by atoms with Crippen molar-refractivity contribution in [2.75, 3.05) is 0 Å². The maximum atomic E-state index is 2.30. The van der Waals surface area contributed by atoms with Gasteiger partial charge in [0.15, 0.2) is 0 Å². The fraction of sp³-hybridized carbons (Fsp3) is 0.357. The second kappa shape index (κ2) is 10.3. The molecular formula is C28H34. The van der Waals surface area contributed by atoms with Gasteiger partial charge in [-0.2, -0.15) is 0 Å². The van der Waals surface area contributed by atoms with E-state index in [1.54, 1.807) is 0 Å². The van der Waals surface area contributed by atoms with Crippen LogP contribution in [-0.4, -0.2) is 0 Å². The van der Waals surface area contributed by atoms with Crippen LogP contribution in [0, 0.1) is 0 Å². The molecule has 3 aromatic rings. The zero-order chi connectivity index (χ0) is 19.8. The number of unbranched alkanes of at least 4 members (excludes halogenated alkanes) is 2. The van der Waals surface area contributed by atoms with Crippen molar-refractivity contribution in [1.82, 2.24) is 0 Å². The van der Waals surface area contributed by atoms with Crippen LogP contribution in [0.1, 0.15) is 74.6 Å². The van der Waals surface area contributed by atoms with Crippen LogP contribution in [0.3, 0.4) is 0 Å². The van der Waals surface area contributed by atoms with Gasteiger partial charge in [-0.3, -0.25) is 0 Å². The largest absolute Gasteiger partial charge is 0.0654 e. The summed E-state index contributed by atoms with van der Waals surface area (Å²) in [6.07, 6.45) is 7.43. The number of benzene rings is 3. The smallest absolute Gasteiger partial charge is 0.00610 e. The molecule has 0 aromatic heterocycles. The van der Waals surface area contributed by atoms with Crippen LogP contribution in [0.2, 0.25) is 0 Å². The monoisotopic (exact) mass is 370 g/mol. The minimum Gasteiger partial charge on any atom is -0.0654 e. The van der Waals surface area contributed by atoms with E-state index in [0.717, 1.165) is 0 Å². The first-order valence-electron chi connectivity index (χ1n) is 11.0. The molecule has 3 aromatic carbocycles. The van der Waals surface area contributed by atoms with Crippen molar-refractivity contribution in [1.29, 1.82) is 0 Å². The molecule has 1 unspecified atom stereocenters. The molecular weight excluding hydrogens is 336 g/mol. The molecule has 0 spiro atoms. The normalized spacial score (nSPS) is 12.1. The molecule has 3 rings (SSSR count). The Morgan fingerprint density at radius 1 is 0.536 bits per heavy atom. The van der Waals surface area contributed by atoms with Gasteiger partial charge in [-0.15, -0.1) is 0 Å². The van der Waals surface area contributed by atoms with Crippen molar-refractivity contribution in [3.8, 4) is 11.1 Å². The van der Waals surface area contributed by atoms with Gasteiger partial charge >= 0.3 is 0 Å². The minimum absolute atomic E-state index is 0.422. The molecule has 0 aliphatic carbocycles. The third-order valence-corrected chi connectivity index (χ3v) is 5.82. The number of rotatable bonds is 9. The van der Waals surface area contributed by atoms with E-state index in [1.165, 1.54) is 71.9 Å². The summed E-state index contributed by atoms with van der Waals surface area (Å²) in [5, 5.41) is 0. The summed E-state index contributed by atoms with van der Waals surface area (Å²) < 4.78 is 0. The van der Waals surface area contributed by atoms with E-state index < -0.39 is 0 Å². The quantitative estimate of drug-likeness (QED) is 0.356. The molecule has 0 heteroatoms. The molecule has 0 saturated heterocycles. The van der Waals surface area contributed by atoms with Gasteiger partial charge in [0.1, 0.15) is 0 Å². The van der Waals surface area contributed by atoms with Crippen molar-refractivity contribution < 1.29 is 0 Å². The Morgan fingerprint density at radius 3 is 1.32 bits per heavy atom. The lowest BCUT2D eigenvalue weighted by molar-refractivity contribution is 0.794. The van der Waals surface area contributed by atoms with E-state index in [4.69, 9.17) is 0 Å². The summed E-state index contributed by atoms with van der Waals surface area (Å²) in [5.41, 5.74) is 8.28. The lowest BCUT2D eigenvalue weighted by Gasteiger charge is -2.14. The molecule has 0 aliphatic rings. The Bertz CT molecular complexity index is 823. The highest BCUT2D eigenvalue weighted by Gasteiger charge is 2.09. The van der Waals surface area contributed by atoms with Crippen LogP contribution in [0.5, 0.6) is 0 Å². The molecule has 0 aliphatic heterocycles. The maximum absolute atomic E-state index is 2.30. The van der Waals surface area contributed by atoms with Crippen molar-refractivity contribution in [2.24, 2.45) is 0 Å². The maximum Gasteiger partial charge on any atom is 0.00610 e. The highest BCUT2D eigenvalue weighted by atomic mass is 14.1. The summed E-state index contributed by atoms with van der Waals surface area (Å²) in [6.45, 7) is 6.80. The first-order chi connectivity index (χ1) is 13.7. The molecule has 0 bridgehead atoms. The minimum atomic E-state index is 0.422. The number of aryl methyl sites for hydroxylation is 2. The lowest BCUT2D eigenvalue weighted by atomic mass is 9.91. The molecule has 0 heterocycles. The Kier molecular flexibility index (Phi) is 7.48. The average Bonchev–Trinajstić information content (AvgIpc) is 2.76. The zero-order valence-electron chi connectivity index (χ0n) is 17.7. The molecule has 0 N–H and O–H groups in total. The number of hydrogen-bond acceptors (Lipinski definition) is 0. The second-order valence-corrected chi connectivity index (χ2v) is 7.99. The molecule has 0 amide bonds. The van der Waals surface area contributed by atoms with Crippen molar-refractivity contribution in [2.45, 2.75) is 65.2 Å². The summed E-state index contributed by atoms with van der Waals surface area (Å²) in [6, 6.07) is 27.4. The van der Waals surface area contributed by atoms with Gasteiger partial charge in [0.2, 0.25) is 0 Å². The highest BCUT2D eigenvalue weighted by Crippen LogP contribution is 2.28. The van der Waals surface area contributed by atoms with Crippen LogP contribution in [0.15, 0.2) is 72.8 Å². The van der Waals surface area contributed by atoms with E-state index in [-0.39, 0.29) is 0 Å². The SMILES string of the molecule is CCCCc1ccc(-c2ccc(C(C)c3ccc(CCCC)cc3)cc2)cc1. The molecule has 28 heavy (non-hydrogen) atoms. The molecule has 1 atom stereocenters. The summed E-state index contributed by atoms with van der Waals surface area (Å²) in [7, 11) is 0. The van der Waals surface area contributed by atoms with Gasteiger partial charge in [0.05, 0.1) is 0 Å². The van der Waals surface area contributed by atoms with Crippen LogP contribution in [0.4, 0.5) is 0 Å². The predicted molar refractivity (Wildman–Crippen MR) is 123 cm³/mol. The van der Waals surface area contributed by atoms with Gasteiger partial charge in [-0.05, 0) is 59.1 Å². The number of hydrogen-bond donors (Lipinski definition) is 0. The second-order valence-electron chi connectivity index (χ2n) is 7.99. The van der Waals surface area contributed by atoms with Crippen LogP contribution >= 0.6 is 0 Å². The topological polar surface area (TPSA) is 0 Å². The summed E-state index contributed by atoms with van der Waals surface area (Å²) in [5.74, 6) is 0.422. The molecule has 146 valence electrons. The molecule has 0 fully saturated rings. The molecule has 0 saturated carbocycles. The zero-order valence-corrected chi connectivity index (χ0v) is 17.7. The standard InChI is InChI=1S/C28H34/c1-4-6-8-23-10-14-25(15-11-23)22(3)26-18-20-28(21-19-26)27-16-12-24(13-17-27)9-7-5-2/h10-22H,4-9H2,1-3H3. The summed E-state index contributed by atoms with van der Waals surface area (Å²) in [4.78, 5) is 0. The van der Waals surface area contributed by atoms with Crippen molar-refractivity contribution >= 4 is 0 Å². The first kappa shape index (κ1) is 20.4. The van der Waals surface area contributed by atoms with Gasteiger partial charge in [-0.25, -0.2) is 0 Å². The Balaban J connectivity index is 1.67. The van der Waals surface area contributed by atoms with Crippen LogP contribution in [0.25, 0.3) is 11.1 Å². The Hall–Kier alpha value is -2.34. The van der Waals surface area contributed by atoms with E-state index >= 15 is 0 Å². The fourth-order valence-corrected chi connectivity index (χ4v) is 3.76. The summed E-state index contributed by atoms with van der Waals surface area (Å²) >= 11 is 0. The highest BCUT2D eigenvalue weighted by molar-refractivity contribution is 5.64. The van der Waals surface area contributed by atoms with Crippen molar-refractivity contribution in [3.63, 3.8) is 0 Å². The van der Waals surface area contributed by atoms with Gasteiger partial charge in [0, 0.05) is 5.92 Å². The predicted octanol–water partition coefficient (Wildman–Crippen LogP) is 8.19. The first-order valence-corrected chi connectivity index (χ1v) is 11.0. The van der Waals surface area contributed by atoms with E-state index in [1.807, 2.05) is 0 Å². The fourth-order valence-electron chi connectivity index (χ4n) is 3.76. The van der Waals surface area contributed by atoms with Crippen molar-refractivity contribution in [3.05, 3.63) is 95.1 Å². The molecule has 0 radical (unpaired) electrons. The van der Waals surface area contributed by atoms with Gasteiger partial charge in [-0.1, -0.05) is 106 Å². The van der Waals surface area contributed by atoms with E-state index in [0.29, 0.717) is 5.92 Å².